The Hall–Kier alpha value is -2.18. The molecular formula is C18H18O5S. The molecule has 24 heavy (non-hydrogen) atoms. The topological polar surface area (TPSA) is 69.7 Å². The largest absolute Gasteiger partial charge is 0.453 e. The number of aryl methyl sites for hydroxylation is 1. The molecule has 1 fully saturated rings. The van der Waals surface area contributed by atoms with E-state index in [4.69, 9.17) is 8.92 Å². The zero-order valence-corrected chi connectivity index (χ0v) is 14.1. The molecule has 2 aromatic carbocycles. The molecule has 2 aromatic rings. The van der Waals surface area contributed by atoms with Crippen molar-refractivity contribution >= 4 is 16.1 Å². The second-order valence-corrected chi connectivity index (χ2v) is 7.58. The fourth-order valence-electron chi connectivity index (χ4n) is 2.20. The highest BCUT2D eigenvalue weighted by molar-refractivity contribution is 7.86. The summed E-state index contributed by atoms with van der Waals surface area (Å²) in [6.07, 6.45) is 1.18. The number of esters is 1. The van der Waals surface area contributed by atoms with E-state index in [-0.39, 0.29) is 11.5 Å². The van der Waals surface area contributed by atoms with Crippen molar-refractivity contribution in [3.63, 3.8) is 0 Å². The first kappa shape index (κ1) is 16.7. The number of benzene rings is 2. The Kier molecular flexibility index (Phi) is 4.43. The van der Waals surface area contributed by atoms with E-state index in [1.165, 1.54) is 12.1 Å². The van der Waals surface area contributed by atoms with Crippen molar-refractivity contribution in [1.82, 2.24) is 0 Å². The molecule has 0 atom stereocenters. The molecule has 1 aliphatic rings. The molecule has 0 radical (unpaired) electrons. The second-order valence-electron chi connectivity index (χ2n) is 5.97. The van der Waals surface area contributed by atoms with Crippen molar-refractivity contribution in [2.24, 2.45) is 0 Å². The summed E-state index contributed by atoms with van der Waals surface area (Å²) < 4.78 is 35.0. The van der Waals surface area contributed by atoms with Crippen LogP contribution in [0.5, 0.6) is 0 Å². The first-order chi connectivity index (χ1) is 11.4. The molecule has 0 amide bonds. The summed E-state index contributed by atoms with van der Waals surface area (Å²) in [5, 5.41) is 0. The molecule has 0 unspecified atom stereocenters. The van der Waals surface area contributed by atoms with E-state index in [0.717, 1.165) is 5.56 Å². The number of ether oxygens (including phenoxy) is 1. The number of carbonyl (C=O) groups excluding carboxylic acids is 1. The van der Waals surface area contributed by atoms with E-state index in [0.29, 0.717) is 18.4 Å². The van der Waals surface area contributed by atoms with E-state index in [1.807, 2.05) is 6.92 Å². The van der Waals surface area contributed by atoms with Gasteiger partial charge in [0, 0.05) is 0 Å². The average molecular weight is 346 g/mol. The van der Waals surface area contributed by atoms with Crippen LogP contribution in [-0.2, 0) is 19.0 Å². The van der Waals surface area contributed by atoms with Gasteiger partial charge in [-0.1, -0.05) is 35.9 Å². The summed E-state index contributed by atoms with van der Waals surface area (Å²) in [6, 6.07) is 15.0. The van der Waals surface area contributed by atoms with Crippen molar-refractivity contribution in [3.05, 3.63) is 65.7 Å². The summed E-state index contributed by atoms with van der Waals surface area (Å²) in [5.74, 6) is -0.468. The Morgan fingerprint density at radius 1 is 1.04 bits per heavy atom. The van der Waals surface area contributed by atoms with Crippen LogP contribution in [0.2, 0.25) is 0 Å². The molecule has 0 saturated heterocycles. The Morgan fingerprint density at radius 2 is 1.67 bits per heavy atom. The van der Waals surface area contributed by atoms with E-state index < -0.39 is 21.7 Å². The molecular weight excluding hydrogens is 328 g/mol. The van der Waals surface area contributed by atoms with Crippen LogP contribution in [0.4, 0.5) is 0 Å². The first-order valence-corrected chi connectivity index (χ1v) is 9.06. The Balaban J connectivity index is 1.63. The highest BCUT2D eigenvalue weighted by atomic mass is 32.2. The van der Waals surface area contributed by atoms with E-state index in [2.05, 4.69) is 0 Å². The fraction of sp³-hybridized carbons (Fsp3) is 0.278. The molecule has 0 aliphatic heterocycles. The lowest BCUT2D eigenvalue weighted by molar-refractivity contribution is 0.00838. The van der Waals surface area contributed by atoms with Crippen LogP contribution in [-0.4, -0.2) is 26.6 Å². The van der Waals surface area contributed by atoms with Gasteiger partial charge >= 0.3 is 5.97 Å². The quantitative estimate of drug-likeness (QED) is 0.594. The molecule has 0 bridgehead atoms. The summed E-state index contributed by atoms with van der Waals surface area (Å²) in [4.78, 5) is 12.2. The molecule has 5 nitrogen and oxygen atoms in total. The summed E-state index contributed by atoms with van der Waals surface area (Å²) in [7, 11) is -3.86. The third-order valence-corrected chi connectivity index (χ3v) is 5.19. The first-order valence-electron chi connectivity index (χ1n) is 7.65. The summed E-state index contributed by atoms with van der Waals surface area (Å²) in [6.45, 7) is 1.71. The van der Waals surface area contributed by atoms with Gasteiger partial charge in [-0.15, -0.1) is 0 Å². The van der Waals surface area contributed by atoms with Crippen LogP contribution in [0.15, 0.2) is 59.5 Å². The van der Waals surface area contributed by atoms with Crippen LogP contribution in [0, 0.1) is 6.92 Å². The number of rotatable bonds is 6. The molecule has 3 rings (SSSR count). The van der Waals surface area contributed by atoms with Crippen molar-refractivity contribution in [1.29, 1.82) is 0 Å². The van der Waals surface area contributed by atoms with Gasteiger partial charge in [0.05, 0.1) is 10.5 Å². The van der Waals surface area contributed by atoms with Crippen LogP contribution in [0.3, 0.4) is 0 Å². The molecule has 0 spiro atoms. The van der Waals surface area contributed by atoms with E-state index in [9.17, 15) is 13.2 Å². The average Bonchev–Trinajstić information content (AvgIpc) is 3.34. The van der Waals surface area contributed by atoms with Gasteiger partial charge in [0.2, 0.25) is 0 Å². The maximum atomic E-state index is 12.2. The van der Waals surface area contributed by atoms with E-state index >= 15 is 0 Å². The van der Waals surface area contributed by atoms with Gasteiger partial charge in [0.1, 0.15) is 12.2 Å². The SMILES string of the molecule is Cc1ccc(S(=O)(=O)OCC2(OC(=O)c3ccccc3)CC2)cc1. The van der Waals surface area contributed by atoms with Crippen LogP contribution in [0.25, 0.3) is 0 Å². The van der Waals surface area contributed by atoms with Gasteiger partial charge in [0.15, 0.2) is 0 Å². The van der Waals surface area contributed by atoms with Gasteiger partial charge in [-0.05, 0) is 44.0 Å². The summed E-state index contributed by atoms with van der Waals surface area (Å²) in [5.41, 5.74) is 0.555. The smallest absolute Gasteiger partial charge is 0.338 e. The minimum Gasteiger partial charge on any atom is -0.453 e. The van der Waals surface area contributed by atoms with Crippen LogP contribution < -0.4 is 0 Å². The van der Waals surface area contributed by atoms with Gasteiger partial charge in [-0.2, -0.15) is 8.42 Å². The van der Waals surface area contributed by atoms with Gasteiger partial charge in [-0.25, -0.2) is 4.79 Å². The minimum absolute atomic E-state index is 0.0956. The van der Waals surface area contributed by atoms with Crippen LogP contribution in [0.1, 0.15) is 28.8 Å². The lowest BCUT2D eigenvalue weighted by Crippen LogP contribution is -2.27. The van der Waals surface area contributed by atoms with Gasteiger partial charge in [-0.3, -0.25) is 4.18 Å². The number of hydrogen-bond donors (Lipinski definition) is 0. The Labute approximate surface area is 141 Å². The monoisotopic (exact) mass is 346 g/mol. The maximum absolute atomic E-state index is 12.2. The zero-order valence-electron chi connectivity index (χ0n) is 13.3. The summed E-state index contributed by atoms with van der Waals surface area (Å²) >= 11 is 0. The molecule has 0 N–H and O–H groups in total. The Bertz CT molecular complexity index is 821. The van der Waals surface area contributed by atoms with E-state index in [1.54, 1.807) is 42.5 Å². The second kappa shape index (κ2) is 6.37. The lowest BCUT2D eigenvalue weighted by Gasteiger charge is -2.16. The minimum atomic E-state index is -3.86. The number of hydrogen-bond acceptors (Lipinski definition) is 5. The highest BCUT2D eigenvalue weighted by Gasteiger charge is 2.48. The third-order valence-electron chi connectivity index (χ3n) is 3.91. The number of carbonyl (C=O) groups is 1. The van der Waals surface area contributed by atoms with Crippen molar-refractivity contribution in [2.45, 2.75) is 30.3 Å². The Morgan fingerprint density at radius 3 is 2.25 bits per heavy atom. The molecule has 1 aliphatic carbocycles. The molecule has 0 aromatic heterocycles. The molecule has 126 valence electrons. The van der Waals surface area contributed by atoms with Gasteiger partial charge in [0.25, 0.3) is 10.1 Å². The maximum Gasteiger partial charge on any atom is 0.338 e. The highest BCUT2D eigenvalue weighted by Crippen LogP contribution is 2.41. The fourth-order valence-corrected chi connectivity index (χ4v) is 3.18. The van der Waals surface area contributed by atoms with Crippen LogP contribution >= 0.6 is 0 Å². The van der Waals surface area contributed by atoms with Crippen molar-refractivity contribution in [3.8, 4) is 0 Å². The standard InChI is InChI=1S/C18H18O5S/c1-14-7-9-16(10-8-14)24(20,21)22-13-18(11-12-18)23-17(19)15-5-3-2-4-6-15/h2-10H,11-13H2,1H3. The predicted octanol–water partition coefficient (Wildman–Crippen LogP) is 3.09. The van der Waals surface area contributed by atoms with Crippen molar-refractivity contribution in [2.75, 3.05) is 6.61 Å². The normalized spacial score (nSPS) is 15.7. The molecule has 6 heteroatoms. The predicted molar refractivity (Wildman–Crippen MR) is 88.1 cm³/mol. The van der Waals surface area contributed by atoms with Crippen molar-refractivity contribution < 1.29 is 22.1 Å². The van der Waals surface area contributed by atoms with Gasteiger partial charge < -0.3 is 4.74 Å². The lowest BCUT2D eigenvalue weighted by atomic mass is 10.2. The zero-order chi connectivity index (χ0) is 17.2. The molecule has 0 heterocycles. The third kappa shape index (κ3) is 3.83. The molecule has 1 saturated carbocycles.